The van der Waals surface area contributed by atoms with Gasteiger partial charge >= 0.3 is 5.97 Å². The summed E-state index contributed by atoms with van der Waals surface area (Å²) in [6.45, 7) is 2.61. The van der Waals surface area contributed by atoms with Crippen LogP contribution in [0.2, 0.25) is 5.02 Å². The van der Waals surface area contributed by atoms with Gasteiger partial charge in [-0.2, -0.15) is 5.26 Å². The highest BCUT2D eigenvalue weighted by molar-refractivity contribution is 6.30. The Labute approximate surface area is 228 Å². The molecule has 0 aromatic heterocycles. The topological polar surface area (TPSA) is 64.3 Å². The van der Waals surface area contributed by atoms with Crippen LogP contribution in [0.15, 0.2) is 60.7 Å². The van der Waals surface area contributed by atoms with Crippen molar-refractivity contribution in [3.63, 3.8) is 0 Å². The molecule has 0 atom stereocenters. The van der Waals surface area contributed by atoms with Gasteiger partial charge in [-0.15, -0.1) is 0 Å². The van der Waals surface area contributed by atoms with E-state index in [0.717, 1.165) is 78.7 Å². The Hall–Kier alpha value is -3.46. The molecule has 4 nitrogen and oxygen atoms in total. The molecule has 1 aliphatic heterocycles. The third kappa shape index (κ3) is 5.53. The lowest BCUT2D eigenvalue weighted by Crippen LogP contribution is -2.47. The summed E-state index contributed by atoms with van der Waals surface area (Å²) in [7, 11) is 0. The highest BCUT2D eigenvalue weighted by atomic mass is 35.5. The van der Waals surface area contributed by atoms with Gasteiger partial charge < -0.3 is 10.0 Å². The number of nitriles is 1. The van der Waals surface area contributed by atoms with Gasteiger partial charge in [0.2, 0.25) is 0 Å². The fourth-order valence-electron chi connectivity index (χ4n) is 5.80. The fraction of sp³-hybridized carbons (Fsp3) is 0.312. The van der Waals surface area contributed by atoms with Crippen LogP contribution in [0.25, 0.3) is 11.1 Å². The van der Waals surface area contributed by atoms with Crippen molar-refractivity contribution in [1.29, 1.82) is 5.26 Å². The molecule has 6 heteroatoms. The van der Waals surface area contributed by atoms with Crippen LogP contribution in [0.5, 0.6) is 0 Å². The van der Waals surface area contributed by atoms with Crippen LogP contribution in [0.1, 0.15) is 63.0 Å². The molecule has 1 heterocycles. The average Bonchev–Trinajstić information content (AvgIpc) is 3.09. The largest absolute Gasteiger partial charge is 0.478 e. The van der Waals surface area contributed by atoms with Crippen molar-refractivity contribution in [2.24, 2.45) is 5.92 Å². The van der Waals surface area contributed by atoms with Gasteiger partial charge in [-0.05, 0) is 101 Å². The average molecular weight is 529 g/mol. The van der Waals surface area contributed by atoms with Crippen molar-refractivity contribution < 1.29 is 14.3 Å². The molecule has 0 bridgehead atoms. The standard InChI is InChI=1S/C32H30ClFN2O2/c33-27-10-12-28(26(17-27)18-35)30-4-1-3-24-16-25(32(37)38)9-11-29(24)31(30)23-7-5-21(6-8-23)15-22-19-36(20-22)14-2-13-34/h5-12,16-17,22H,1-4,13-15,19-20H2,(H,37,38). The van der Waals surface area contributed by atoms with Crippen molar-refractivity contribution in [1.82, 2.24) is 4.90 Å². The number of aryl methyl sites for hydroxylation is 1. The number of hydrogen-bond donors (Lipinski definition) is 1. The van der Waals surface area contributed by atoms with E-state index in [1.807, 2.05) is 18.2 Å². The van der Waals surface area contributed by atoms with E-state index in [1.54, 1.807) is 18.2 Å². The predicted octanol–water partition coefficient (Wildman–Crippen LogP) is 7.04. The molecule has 3 aromatic rings. The monoisotopic (exact) mass is 528 g/mol. The SMILES string of the molecule is N#Cc1cc(Cl)ccc1C1=C(c2ccc(CC3CN(CCCF)C3)cc2)c2ccc(C(=O)O)cc2CCC1. The molecule has 3 aromatic carbocycles. The third-order valence-corrected chi connectivity index (χ3v) is 7.87. The van der Waals surface area contributed by atoms with Crippen LogP contribution in [0, 0.1) is 17.2 Å². The predicted molar refractivity (Wildman–Crippen MR) is 149 cm³/mol. The Morgan fingerprint density at radius 2 is 1.82 bits per heavy atom. The molecule has 0 radical (unpaired) electrons. The zero-order valence-corrected chi connectivity index (χ0v) is 22.0. The van der Waals surface area contributed by atoms with Crippen molar-refractivity contribution in [2.45, 2.75) is 32.1 Å². The van der Waals surface area contributed by atoms with Gasteiger partial charge in [0.05, 0.1) is 23.9 Å². The molecule has 1 N–H and O–H groups in total. The molecular formula is C32H30ClFN2O2. The molecule has 0 spiro atoms. The summed E-state index contributed by atoms with van der Waals surface area (Å²) in [5, 5.41) is 20.0. The smallest absolute Gasteiger partial charge is 0.335 e. The first-order valence-electron chi connectivity index (χ1n) is 13.1. The van der Waals surface area contributed by atoms with E-state index >= 15 is 0 Å². The van der Waals surface area contributed by atoms with Crippen LogP contribution in [-0.2, 0) is 12.8 Å². The van der Waals surface area contributed by atoms with Crippen LogP contribution < -0.4 is 0 Å². The first-order valence-corrected chi connectivity index (χ1v) is 13.5. The van der Waals surface area contributed by atoms with Crippen molar-refractivity contribution in [2.75, 3.05) is 26.3 Å². The Balaban J connectivity index is 1.53. The lowest BCUT2D eigenvalue weighted by molar-refractivity contribution is 0.0696. The molecule has 38 heavy (non-hydrogen) atoms. The number of aromatic carboxylic acids is 1. The number of benzene rings is 3. The number of nitrogens with zero attached hydrogens (tertiary/aromatic N) is 2. The highest BCUT2D eigenvalue weighted by Gasteiger charge is 2.27. The molecule has 0 saturated carbocycles. The van der Waals surface area contributed by atoms with Crippen LogP contribution in [-0.4, -0.2) is 42.3 Å². The lowest BCUT2D eigenvalue weighted by Gasteiger charge is -2.39. The summed E-state index contributed by atoms with van der Waals surface area (Å²) in [4.78, 5) is 14.0. The number of fused-ring (bicyclic) bond motifs is 1. The summed E-state index contributed by atoms with van der Waals surface area (Å²) >= 11 is 6.22. The number of carbonyl (C=O) groups is 1. The Bertz CT molecular complexity index is 1420. The van der Waals surface area contributed by atoms with Gasteiger partial charge in [0.25, 0.3) is 0 Å². The van der Waals surface area contributed by atoms with E-state index in [2.05, 4.69) is 35.2 Å². The molecular weight excluding hydrogens is 499 g/mol. The molecule has 5 rings (SSSR count). The maximum Gasteiger partial charge on any atom is 0.335 e. The van der Waals surface area contributed by atoms with Gasteiger partial charge in [0.15, 0.2) is 0 Å². The summed E-state index contributed by atoms with van der Waals surface area (Å²) in [6.07, 6.45) is 3.97. The Kier molecular flexibility index (Phi) is 7.93. The van der Waals surface area contributed by atoms with Gasteiger partial charge in [-0.25, -0.2) is 4.79 Å². The molecule has 0 unspecified atom stereocenters. The van der Waals surface area contributed by atoms with Crippen LogP contribution >= 0.6 is 11.6 Å². The molecule has 2 aliphatic rings. The highest BCUT2D eigenvalue weighted by Crippen LogP contribution is 2.41. The van der Waals surface area contributed by atoms with Crippen molar-refractivity contribution in [3.8, 4) is 6.07 Å². The van der Waals surface area contributed by atoms with Gasteiger partial charge in [0, 0.05) is 24.7 Å². The molecule has 1 aliphatic carbocycles. The van der Waals surface area contributed by atoms with E-state index in [-0.39, 0.29) is 12.2 Å². The van der Waals surface area contributed by atoms with Crippen LogP contribution in [0.3, 0.4) is 0 Å². The molecule has 0 amide bonds. The number of rotatable bonds is 8. The van der Waals surface area contributed by atoms with Crippen molar-refractivity contribution in [3.05, 3.63) is 105 Å². The number of allylic oxidation sites excluding steroid dienone is 1. The number of carboxylic acid groups (broad SMARTS) is 1. The zero-order chi connectivity index (χ0) is 26.6. The van der Waals surface area contributed by atoms with Gasteiger partial charge in [0.1, 0.15) is 0 Å². The second kappa shape index (κ2) is 11.5. The summed E-state index contributed by atoms with van der Waals surface area (Å²) in [6, 6.07) is 21.8. The quantitative estimate of drug-likeness (QED) is 0.340. The third-order valence-electron chi connectivity index (χ3n) is 7.63. The second-order valence-electron chi connectivity index (χ2n) is 10.3. The zero-order valence-electron chi connectivity index (χ0n) is 21.2. The summed E-state index contributed by atoms with van der Waals surface area (Å²) in [5.74, 6) is -0.341. The van der Waals surface area contributed by atoms with Gasteiger partial charge in [-0.1, -0.05) is 48.0 Å². The Morgan fingerprint density at radius 3 is 2.53 bits per heavy atom. The van der Waals surface area contributed by atoms with Crippen molar-refractivity contribution >= 4 is 28.7 Å². The van der Waals surface area contributed by atoms with Gasteiger partial charge in [-0.3, -0.25) is 4.39 Å². The molecule has 1 fully saturated rings. The summed E-state index contributed by atoms with van der Waals surface area (Å²) < 4.78 is 12.4. The first kappa shape index (κ1) is 26.2. The number of likely N-dealkylation sites (tertiary alicyclic amines) is 1. The fourth-order valence-corrected chi connectivity index (χ4v) is 5.98. The maximum absolute atomic E-state index is 12.4. The number of carboxylic acids is 1. The molecule has 194 valence electrons. The summed E-state index contributed by atoms with van der Waals surface area (Å²) in [5.41, 5.74) is 8.15. The Morgan fingerprint density at radius 1 is 1.05 bits per heavy atom. The number of alkyl halides is 1. The number of hydrogen-bond acceptors (Lipinski definition) is 3. The minimum Gasteiger partial charge on any atom is -0.478 e. The maximum atomic E-state index is 12.4. The van der Waals surface area contributed by atoms with E-state index < -0.39 is 5.97 Å². The molecule has 1 saturated heterocycles. The van der Waals surface area contributed by atoms with E-state index in [4.69, 9.17) is 11.6 Å². The second-order valence-corrected chi connectivity index (χ2v) is 10.7. The minimum atomic E-state index is -0.934. The normalized spacial score (nSPS) is 15.9. The van der Waals surface area contributed by atoms with E-state index in [0.29, 0.717) is 22.9 Å². The number of halogens is 2. The van der Waals surface area contributed by atoms with E-state index in [1.165, 1.54) is 5.56 Å². The lowest BCUT2D eigenvalue weighted by atomic mass is 9.85. The minimum absolute atomic E-state index is 0.257. The first-order chi connectivity index (χ1) is 18.5. The van der Waals surface area contributed by atoms with Crippen LogP contribution in [0.4, 0.5) is 4.39 Å². The van der Waals surface area contributed by atoms with E-state index in [9.17, 15) is 19.6 Å².